The molecule has 20 heavy (non-hydrogen) atoms. The Bertz CT molecular complexity index is 638. The molecule has 0 spiro atoms. The number of aromatic carboxylic acids is 1. The van der Waals surface area contributed by atoms with Crippen molar-refractivity contribution in [2.45, 2.75) is 13.5 Å². The monoisotopic (exact) mass is 276 g/mol. The Balaban J connectivity index is 1.96. The summed E-state index contributed by atoms with van der Waals surface area (Å²) < 4.78 is 4.76. The van der Waals surface area contributed by atoms with E-state index in [-0.39, 0.29) is 17.8 Å². The molecule has 8 nitrogen and oxygen atoms in total. The van der Waals surface area contributed by atoms with Gasteiger partial charge >= 0.3 is 12.0 Å². The number of hydrogen-bond acceptors (Lipinski definition) is 5. The van der Waals surface area contributed by atoms with Crippen molar-refractivity contribution in [3.8, 4) is 0 Å². The first kappa shape index (κ1) is 13.5. The maximum Gasteiger partial charge on any atom is 0.337 e. The Hall–Kier alpha value is -2.90. The molecule has 3 N–H and O–H groups in total. The fourth-order valence-corrected chi connectivity index (χ4v) is 1.52. The molecule has 2 amide bonds. The summed E-state index contributed by atoms with van der Waals surface area (Å²) >= 11 is 0. The summed E-state index contributed by atoms with van der Waals surface area (Å²) in [7, 11) is 0. The Morgan fingerprint density at radius 1 is 1.35 bits per heavy atom. The summed E-state index contributed by atoms with van der Waals surface area (Å²) in [4.78, 5) is 26.6. The quantitative estimate of drug-likeness (QED) is 0.776. The van der Waals surface area contributed by atoms with Crippen LogP contribution in [0.5, 0.6) is 0 Å². The molecule has 1 aromatic heterocycles. The van der Waals surface area contributed by atoms with Crippen LogP contribution in [-0.4, -0.2) is 27.2 Å². The third-order valence-corrected chi connectivity index (χ3v) is 2.38. The highest BCUT2D eigenvalue weighted by Crippen LogP contribution is 2.14. The van der Waals surface area contributed by atoms with Crippen LogP contribution in [0.2, 0.25) is 0 Å². The lowest BCUT2D eigenvalue weighted by atomic mass is 10.2. The first-order valence-electron chi connectivity index (χ1n) is 5.72. The van der Waals surface area contributed by atoms with Crippen LogP contribution >= 0.6 is 0 Å². The summed E-state index contributed by atoms with van der Waals surface area (Å²) in [6.45, 7) is 1.72. The smallest absolute Gasteiger partial charge is 0.337 e. The minimum Gasteiger partial charge on any atom is -0.478 e. The largest absolute Gasteiger partial charge is 0.478 e. The highest BCUT2D eigenvalue weighted by Gasteiger charge is 2.12. The molecular formula is C12H12N4O4. The molecule has 0 atom stereocenters. The van der Waals surface area contributed by atoms with Gasteiger partial charge in [-0.15, -0.1) is 0 Å². The molecule has 2 rings (SSSR count). The number of nitrogens with one attached hydrogen (secondary N) is 2. The van der Waals surface area contributed by atoms with Crippen molar-refractivity contribution >= 4 is 17.7 Å². The molecule has 2 aromatic rings. The Kier molecular flexibility index (Phi) is 3.94. The Morgan fingerprint density at radius 2 is 2.10 bits per heavy atom. The van der Waals surface area contributed by atoms with E-state index < -0.39 is 12.0 Å². The zero-order chi connectivity index (χ0) is 14.5. The highest BCUT2D eigenvalue weighted by molar-refractivity contribution is 5.99. The average molecular weight is 276 g/mol. The zero-order valence-corrected chi connectivity index (χ0v) is 10.6. The molecule has 1 heterocycles. The lowest BCUT2D eigenvalue weighted by Crippen LogP contribution is -2.29. The number of rotatable bonds is 4. The number of urea groups is 1. The second kappa shape index (κ2) is 5.83. The second-order valence-corrected chi connectivity index (χ2v) is 3.89. The predicted octanol–water partition coefficient (Wildman–Crippen LogP) is 1.40. The van der Waals surface area contributed by atoms with Crippen LogP contribution in [-0.2, 0) is 6.54 Å². The molecule has 8 heteroatoms. The maximum atomic E-state index is 11.7. The van der Waals surface area contributed by atoms with Gasteiger partial charge in [-0.05, 0) is 12.1 Å². The van der Waals surface area contributed by atoms with E-state index in [2.05, 4.69) is 20.8 Å². The van der Waals surface area contributed by atoms with E-state index in [9.17, 15) is 9.59 Å². The van der Waals surface area contributed by atoms with E-state index in [1.165, 1.54) is 12.1 Å². The molecular weight excluding hydrogens is 264 g/mol. The van der Waals surface area contributed by atoms with E-state index >= 15 is 0 Å². The Labute approximate surface area is 113 Å². The highest BCUT2D eigenvalue weighted by atomic mass is 16.5. The number of carbonyl (C=O) groups is 2. The number of carboxylic acid groups (broad SMARTS) is 1. The summed E-state index contributed by atoms with van der Waals surface area (Å²) in [6.07, 6.45) is 0. The number of aryl methyl sites for hydroxylation is 1. The minimum atomic E-state index is -1.12. The van der Waals surface area contributed by atoms with Crippen molar-refractivity contribution in [3.05, 3.63) is 41.5 Å². The fraction of sp³-hybridized carbons (Fsp3) is 0.167. The van der Waals surface area contributed by atoms with E-state index in [1.54, 1.807) is 19.1 Å². The number of carbonyl (C=O) groups excluding carboxylic acids is 1. The molecule has 0 saturated heterocycles. The van der Waals surface area contributed by atoms with Crippen LogP contribution in [0.3, 0.4) is 0 Å². The number of anilines is 1. The van der Waals surface area contributed by atoms with E-state index in [0.29, 0.717) is 11.7 Å². The van der Waals surface area contributed by atoms with Gasteiger partial charge in [-0.25, -0.2) is 9.59 Å². The van der Waals surface area contributed by atoms with Gasteiger partial charge in [0.05, 0.1) is 17.8 Å². The van der Waals surface area contributed by atoms with Gasteiger partial charge < -0.3 is 20.3 Å². The van der Waals surface area contributed by atoms with Gasteiger partial charge in [-0.3, -0.25) is 0 Å². The molecule has 0 aliphatic heterocycles. The van der Waals surface area contributed by atoms with Crippen LogP contribution in [0.4, 0.5) is 10.5 Å². The summed E-state index contributed by atoms with van der Waals surface area (Å²) in [5.74, 6) is -0.378. The van der Waals surface area contributed by atoms with Gasteiger partial charge in [0.1, 0.15) is 0 Å². The van der Waals surface area contributed by atoms with Crippen molar-refractivity contribution in [2.75, 3.05) is 5.32 Å². The van der Waals surface area contributed by atoms with Gasteiger partial charge in [-0.1, -0.05) is 17.3 Å². The molecule has 0 unspecified atom stereocenters. The van der Waals surface area contributed by atoms with Crippen molar-refractivity contribution in [2.24, 2.45) is 0 Å². The Morgan fingerprint density at radius 3 is 2.75 bits per heavy atom. The lowest BCUT2D eigenvalue weighted by Gasteiger charge is -2.08. The standard InChI is InChI=1S/C12H12N4O4/c1-7-14-10(16-20-7)6-13-12(19)15-9-5-3-2-4-8(9)11(17)18/h2-5H,6H2,1H3,(H,17,18)(H2,13,15,19). The van der Waals surface area contributed by atoms with Gasteiger partial charge in [0.15, 0.2) is 5.82 Å². The number of para-hydroxylation sites is 1. The van der Waals surface area contributed by atoms with Crippen LogP contribution in [0.25, 0.3) is 0 Å². The summed E-state index contributed by atoms with van der Waals surface area (Å²) in [6, 6.07) is 5.56. The number of hydrogen-bond donors (Lipinski definition) is 3. The number of benzene rings is 1. The average Bonchev–Trinajstić information content (AvgIpc) is 2.83. The fourth-order valence-electron chi connectivity index (χ4n) is 1.52. The number of nitrogens with zero attached hydrogens (tertiary/aromatic N) is 2. The molecule has 0 aliphatic carbocycles. The van der Waals surface area contributed by atoms with Gasteiger partial charge in [0.2, 0.25) is 5.89 Å². The molecule has 0 saturated carbocycles. The van der Waals surface area contributed by atoms with Gasteiger partial charge in [0.25, 0.3) is 0 Å². The topological polar surface area (TPSA) is 117 Å². The lowest BCUT2D eigenvalue weighted by molar-refractivity contribution is 0.0698. The second-order valence-electron chi connectivity index (χ2n) is 3.89. The molecule has 0 aliphatic rings. The van der Waals surface area contributed by atoms with E-state index in [0.717, 1.165) is 0 Å². The van der Waals surface area contributed by atoms with Crippen molar-refractivity contribution in [1.82, 2.24) is 15.5 Å². The maximum absolute atomic E-state index is 11.7. The normalized spacial score (nSPS) is 10.1. The SMILES string of the molecule is Cc1nc(CNC(=O)Nc2ccccc2C(=O)O)no1. The van der Waals surface area contributed by atoms with Crippen LogP contribution in [0, 0.1) is 6.92 Å². The van der Waals surface area contributed by atoms with Gasteiger partial charge in [0, 0.05) is 6.92 Å². The summed E-state index contributed by atoms with van der Waals surface area (Å²) in [5.41, 5.74) is 0.222. The van der Waals surface area contributed by atoms with E-state index in [4.69, 9.17) is 9.63 Å². The first-order chi connectivity index (χ1) is 9.56. The third kappa shape index (κ3) is 3.31. The predicted molar refractivity (Wildman–Crippen MR) is 68.3 cm³/mol. The molecule has 104 valence electrons. The van der Waals surface area contributed by atoms with Crippen LogP contribution in [0.1, 0.15) is 22.1 Å². The summed E-state index contributed by atoms with van der Waals surface area (Å²) in [5, 5.41) is 17.6. The molecule has 0 fully saturated rings. The van der Waals surface area contributed by atoms with Crippen molar-refractivity contribution < 1.29 is 19.2 Å². The zero-order valence-electron chi connectivity index (χ0n) is 10.6. The van der Waals surface area contributed by atoms with E-state index in [1.807, 2.05) is 0 Å². The van der Waals surface area contributed by atoms with Crippen LogP contribution in [0.15, 0.2) is 28.8 Å². The molecule has 0 bridgehead atoms. The van der Waals surface area contributed by atoms with Crippen molar-refractivity contribution in [3.63, 3.8) is 0 Å². The third-order valence-electron chi connectivity index (χ3n) is 2.38. The number of aromatic nitrogens is 2. The van der Waals surface area contributed by atoms with Gasteiger partial charge in [-0.2, -0.15) is 4.98 Å². The molecule has 1 aromatic carbocycles. The minimum absolute atomic E-state index is 0.0121. The molecule has 0 radical (unpaired) electrons. The van der Waals surface area contributed by atoms with Crippen LogP contribution < -0.4 is 10.6 Å². The number of amides is 2. The van der Waals surface area contributed by atoms with Crippen molar-refractivity contribution in [1.29, 1.82) is 0 Å². The first-order valence-corrected chi connectivity index (χ1v) is 5.72. The number of carboxylic acids is 1.